The van der Waals surface area contributed by atoms with E-state index in [0.717, 1.165) is 36.4 Å². The predicted molar refractivity (Wildman–Crippen MR) is 74.7 cm³/mol. The maximum Gasteiger partial charge on any atom is 0.227 e. The van der Waals surface area contributed by atoms with Gasteiger partial charge in [-0.3, -0.25) is 4.79 Å². The molecule has 116 valence electrons. The molecule has 0 radical (unpaired) electrons. The van der Waals surface area contributed by atoms with Crippen LogP contribution in [0.25, 0.3) is 0 Å². The molecule has 1 unspecified atom stereocenters. The van der Waals surface area contributed by atoms with Gasteiger partial charge in [-0.1, -0.05) is 5.16 Å². The van der Waals surface area contributed by atoms with Crippen LogP contribution in [0.3, 0.4) is 0 Å². The lowest BCUT2D eigenvalue weighted by molar-refractivity contribution is -0.138. The molecular weight excluding hydrogens is 272 g/mol. The molecule has 3 heterocycles. The normalized spacial score (nSPS) is 23.7. The van der Waals surface area contributed by atoms with Gasteiger partial charge in [0, 0.05) is 24.6 Å². The maximum absolute atomic E-state index is 12.5. The van der Waals surface area contributed by atoms with E-state index in [1.807, 2.05) is 18.7 Å². The quantitative estimate of drug-likeness (QED) is 0.844. The van der Waals surface area contributed by atoms with Crippen molar-refractivity contribution in [1.82, 2.24) is 10.1 Å². The van der Waals surface area contributed by atoms with E-state index in [2.05, 4.69) is 5.16 Å². The second-order valence-corrected chi connectivity index (χ2v) is 5.83. The second kappa shape index (κ2) is 6.15. The van der Waals surface area contributed by atoms with Crippen LogP contribution in [-0.4, -0.2) is 48.6 Å². The molecule has 0 aliphatic carbocycles. The minimum atomic E-state index is -0.139. The van der Waals surface area contributed by atoms with Gasteiger partial charge in [0.1, 0.15) is 5.76 Å². The van der Waals surface area contributed by atoms with Crippen molar-refractivity contribution in [2.45, 2.75) is 39.4 Å². The van der Waals surface area contributed by atoms with E-state index in [0.29, 0.717) is 26.2 Å². The molecule has 0 spiro atoms. The molecule has 6 heteroatoms. The summed E-state index contributed by atoms with van der Waals surface area (Å²) in [6.45, 7) is 6.57. The highest BCUT2D eigenvalue weighted by molar-refractivity contribution is 5.79. The molecule has 0 bridgehead atoms. The van der Waals surface area contributed by atoms with E-state index in [4.69, 9.17) is 14.0 Å². The van der Waals surface area contributed by atoms with Crippen molar-refractivity contribution in [3.8, 4) is 0 Å². The number of nitrogens with zero attached hydrogens (tertiary/aromatic N) is 2. The number of amides is 1. The van der Waals surface area contributed by atoms with Crippen molar-refractivity contribution in [2.24, 2.45) is 5.92 Å². The van der Waals surface area contributed by atoms with Crippen LogP contribution in [0.5, 0.6) is 0 Å². The number of carbonyl (C=O) groups excluding carboxylic acids is 1. The number of aromatic nitrogens is 1. The number of hydrogen-bond donors (Lipinski definition) is 0. The molecule has 2 aliphatic heterocycles. The van der Waals surface area contributed by atoms with Crippen LogP contribution < -0.4 is 0 Å². The number of piperidine rings is 1. The summed E-state index contributed by atoms with van der Waals surface area (Å²) in [5.41, 5.74) is 1.72. The van der Waals surface area contributed by atoms with E-state index in [9.17, 15) is 4.79 Å². The van der Waals surface area contributed by atoms with Crippen molar-refractivity contribution in [2.75, 3.05) is 26.3 Å². The topological polar surface area (TPSA) is 64.8 Å². The molecule has 6 nitrogen and oxygen atoms in total. The summed E-state index contributed by atoms with van der Waals surface area (Å²) in [5, 5.41) is 3.91. The molecule has 1 amide bonds. The van der Waals surface area contributed by atoms with Crippen LogP contribution in [-0.2, 0) is 20.7 Å². The largest absolute Gasteiger partial charge is 0.361 e. The van der Waals surface area contributed by atoms with Gasteiger partial charge in [-0.2, -0.15) is 0 Å². The zero-order valence-electron chi connectivity index (χ0n) is 12.6. The molecule has 2 saturated heterocycles. The molecule has 1 aromatic rings. The van der Waals surface area contributed by atoms with Gasteiger partial charge in [-0.15, -0.1) is 0 Å². The van der Waals surface area contributed by atoms with Gasteiger partial charge < -0.3 is 18.9 Å². The highest BCUT2D eigenvalue weighted by atomic mass is 16.7. The average molecular weight is 294 g/mol. The third-order valence-corrected chi connectivity index (χ3v) is 4.35. The zero-order valence-corrected chi connectivity index (χ0v) is 12.6. The average Bonchev–Trinajstić information content (AvgIpc) is 3.13. The molecule has 1 aromatic heterocycles. The molecule has 2 fully saturated rings. The van der Waals surface area contributed by atoms with Gasteiger partial charge >= 0.3 is 0 Å². The van der Waals surface area contributed by atoms with Gasteiger partial charge in [-0.05, 0) is 26.7 Å². The lowest BCUT2D eigenvalue weighted by Gasteiger charge is -2.34. The van der Waals surface area contributed by atoms with Gasteiger partial charge in [0.05, 0.1) is 25.3 Å². The standard InChI is InChI=1S/C15H22N2O4/c1-10-13(11(2)21-16-10)8-14(18)17-5-3-4-12(9-17)15-19-6-7-20-15/h12,15H,3-9H2,1-2H3. The third kappa shape index (κ3) is 3.11. The molecule has 21 heavy (non-hydrogen) atoms. The van der Waals surface area contributed by atoms with Crippen LogP contribution in [0.2, 0.25) is 0 Å². The summed E-state index contributed by atoms with van der Waals surface area (Å²) < 4.78 is 16.3. The maximum atomic E-state index is 12.5. The van der Waals surface area contributed by atoms with Crippen LogP contribution >= 0.6 is 0 Å². The van der Waals surface area contributed by atoms with Crippen LogP contribution in [0.15, 0.2) is 4.52 Å². The Kier molecular flexibility index (Phi) is 4.26. The Bertz CT molecular complexity index is 488. The number of hydrogen-bond acceptors (Lipinski definition) is 5. The Morgan fingerprint density at radius 1 is 1.33 bits per heavy atom. The highest BCUT2D eigenvalue weighted by Crippen LogP contribution is 2.25. The van der Waals surface area contributed by atoms with Crippen molar-refractivity contribution in [3.63, 3.8) is 0 Å². The van der Waals surface area contributed by atoms with E-state index in [-0.39, 0.29) is 18.1 Å². The van der Waals surface area contributed by atoms with E-state index < -0.39 is 0 Å². The first-order valence-corrected chi connectivity index (χ1v) is 7.58. The summed E-state index contributed by atoms with van der Waals surface area (Å²) in [7, 11) is 0. The molecule has 1 atom stereocenters. The predicted octanol–water partition coefficient (Wildman–Crippen LogP) is 1.45. The second-order valence-electron chi connectivity index (χ2n) is 5.83. The smallest absolute Gasteiger partial charge is 0.227 e. The summed E-state index contributed by atoms with van der Waals surface area (Å²) in [5.74, 6) is 1.15. The summed E-state index contributed by atoms with van der Waals surface area (Å²) >= 11 is 0. The fourth-order valence-electron chi connectivity index (χ4n) is 3.12. The van der Waals surface area contributed by atoms with Gasteiger partial charge in [-0.25, -0.2) is 0 Å². The van der Waals surface area contributed by atoms with Crippen molar-refractivity contribution < 1.29 is 18.8 Å². The molecule has 0 saturated carbocycles. The van der Waals surface area contributed by atoms with E-state index in [1.165, 1.54) is 0 Å². The fraction of sp³-hybridized carbons (Fsp3) is 0.733. The van der Waals surface area contributed by atoms with E-state index in [1.54, 1.807) is 0 Å². The number of rotatable bonds is 3. The minimum Gasteiger partial charge on any atom is -0.361 e. The van der Waals surface area contributed by atoms with E-state index >= 15 is 0 Å². The number of aryl methyl sites for hydroxylation is 2. The highest BCUT2D eigenvalue weighted by Gasteiger charge is 2.33. The van der Waals surface area contributed by atoms with Crippen molar-refractivity contribution >= 4 is 5.91 Å². The lowest BCUT2D eigenvalue weighted by atomic mass is 9.96. The summed E-state index contributed by atoms with van der Waals surface area (Å²) in [4.78, 5) is 14.4. The van der Waals surface area contributed by atoms with Crippen molar-refractivity contribution in [3.05, 3.63) is 17.0 Å². The monoisotopic (exact) mass is 294 g/mol. The Hall–Kier alpha value is -1.40. The molecule has 2 aliphatic rings. The Balaban J connectivity index is 1.61. The summed E-state index contributed by atoms with van der Waals surface area (Å²) in [6.07, 6.45) is 2.28. The Morgan fingerprint density at radius 3 is 2.76 bits per heavy atom. The van der Waals surface area contributed by atoms with Gasteiger partial charge in [0.2, 0.25) is 5.91 Å². The SMILES string of the molecule is Cc1noc(C)c1CC(=O)N1CCCC(C2OCCO2)C1. The first-order chi connectivity index (χ1) is 10.1. The molecule has 0 aromatic carbocycles. The number of likely N-dealkylation sites (tertiary alicyclic amines) is 1. The zero-order chi connectivity index (χ0) is 14.8. The van der Waals surface area contributed by atoms with Crippen LogP contribution in [0.1, 0.15) is 29.9 Å². The minimum absolute atomic E-state index is 0.132. The van der Waals surface area contributed by atoms with Gasteiger partial charge in [0.25, 0.3) is 0 Å². The number of carbonyl (C=O) groups is 1. The fourth-order valence-corrected chi connectivity index (χ4v) is 3.12. The molecule has 3 rings (SSSR count). The Morgan fingerprint density at radius 2 is 2.10 bits per heavy atom. The number of ether oxygens (including phenoxy) is 2. The first-order valence-electron chi connectivity index (χ1n) is 7.58. The third-order valence-electron chi connectivity index (χ3n) is 4.35. The lowest BCUT2D eigenvalue weighted by Crippen LogP contribution is -2.44. The van der Waals surface area contributed by atoms with Gasteiger partial charge in [0.15, 0.2) is 6.29 Å². The van der Waals surface area contributed by atoms with Crippen molar-refractivity contribution in [1.29, 1.82) is 0 Å². The summed E-state index contributed by atoms with van der Waals surface area (Å²) in [6, 6.07) is 0. The van der Waals surface area contributed by atoms with Crippen LogP contribution in [0.4, 0.5) is 0 Å². The molecule has 0 N–H and O–H groups in total. The molecular formula is C15H22N2O4. The first kappa shape index (κ1) is 14.5. The Labute approximate surface area is 124 Å². The van der Waals surface area contributed by atoms with Crippen LogP contribution in [0, 0.1) is 19.8 Å².